The molecule has 1 aromatic heterocycles. The van der Waals surface area contributed by atoms with Crippen molar-refractivity contribution in [1.29, 1.82) is 0 Å². The van der Waals surface area contributed by atoms with E-state index in [1.807, 2.05) is 14.1 Å². The number of aliphatic carboxylic acids is 1. The molecule has 2 saturated carbocycles. The summed E-state index contributed by atoms with van der Waals surface area (Å²) in [5, 5.41) is 24.9. The van der Waals surface area contributed by atoms with Crippen molar-refractivity contribution in [1.82, 2.24) is 36.0 Å². The highest BCUT2D eigenvalue weighted by atomic mass is 19.4. The zero-order valence-electron chi connectivity index (χ0n) is 39.7. The van der Waals surface area contributed by atoms with Gasteiger partial charge in [-0.25, -0.2) is 14.6 Å². The second-order valence-electron chi connectivity index (χ2n) is 19.3. The van der Waals surface area contributed by atoms with Crippen molar-refractivity contribution >= 4 is 35.5 Å². The Balaban J connectivity index is 1.17. The molecule has 0 radical (unpaired) electrons. The predicted molar refractivity (Wildman–Crippen MR) is 246 cm³/mol. The van der Waals surface area contributed by atoms with Crippen LogP contribution in [0.1, 0.15) is 99.4 Å². The van der Waals surface area contributed by atoms with E-state index in [1.54, 1.807) is 20.8 Å². The highest BCUT2D eigenvalue weighted by molar-refractivity contribution is 5.98. The van der Waals surface area contributed by atoms with Gasteiger partial charge in [0.05, 0.1) is 5.56 Å². The quantitative estimate of drug-likeness (QED) is 0.0590. The van der Waals surface area contributed by atoms with Crippen molar-refractivity contribution in [3.63, 3.8) is 0 Å². The second-order valence-corrected chi connectivity index (χ2v) is 19.3. The molecular weight excluding hydrogens is 946 g/mol. The topological polar surface area (TPSA) is 208 Å². The Morgan fingerprint density at radius 3 is 2.01 bits per heavy atom. The fourth-order valence-corrected chi connectivity index (χ4v) is 8.65. The molecule has 0 aliphatic heterocycles. The average Bonchev–Trinajstić information content (AvgIpc) is 3.82. The van der Waals surface area contributed by atoms with Crippen molar-refractivity contribution in [2.75, 3.05) is 26.0 Å². The number of aromatic nitrogens is 3. The Morgan fingerprint density at radius 2 is 1.44 bits per heavy atom. The lowest BCUT2D eigenvalue weighted by molar-refractivity contribution is -0.231. The van der Waals surface area contributed by atoms with E-state index >= 15 is 0 Å². The highest BCUT2D eigenvalue weighted by Crippen LogP contribution is 2.42. The molecule has 15 nitrogen and oxygen atoms in total. The van der Waals surface area contributed by atoms with E-state index in [4.69, 9.17) is 9.84 Å². The Bertz CT molecular complexity index is 2530. The monoisotopic (exact) mass is 1000 g/mol. The molecule has 1 heterocycles. The number of carbonyl (C=O) groups is 5. The maximum Gasteiger partial charge on any atom is 0.417 e. The third kappa shape index (κ3) is 13.6. The number of anilines is 1. The molecule has 0 saturated heterocycles. The van der Waals surface area contributed by atoms with Gasteiger partial charge in [-0.1, -0.05) is 30.3 Å². The molecule has 2 fully saturated rings. The number of rotatable bonds is 16. The van der Waals surface area contributed by atoms with E-state index in [1.165, 1.54) is 60.7 Å². The molecule has 71 heavy (non-hydrogen) atoms. The van der Waals surface area contributed by atoms with Crippen molar-refractivity contribution in [3.05, 3.63) is 89.2 Å². The Labute approximate surface area is 405 Å². The Hall–Kier alpha value is -6.58. The summed E-state index contributed by atoms with van der Waals surface area (Å²) in [4.78, 5) is 69.4. The number of ether oxygens (including phenoxy) is 1. The average molecular weight is 1000 g/mol. The summed E-state index contributed by atoms with van der Waals surface area (Å²) >= 11 is 0. The number of alkyl carbamates (subject to hydrolysis) is 1. The number of carbonyl (C=O) groups excluding carboxylic acids is 4. The number of H-pyrrole nitrogens is 1. The standard InChI is InChI=1S/C49H57F7N8O7/c1-46(2,3)71-45(70)57-26-28-8-12-31(13-9-28)40(65)60-38(42(67)59-33-17-14-30(15-18-33)39-61-43(63-62-39)47(50,51)48(52,53)44(68)69)24-27-6-10-29(11-7-27)36-23-16-32(25-37(36)49(54,55)56)41(66)58-34-19-21-35(22-20-34)64(4)5/h6-7,10-11,14-18,23,25,28,31,34-35,38H,8-9,12-13,19-22,24,26H2,1-5H3,(H,57,70)(H,58,66)(H,59,67)(H,60,65)(H,68,69)(H,61,62,63)/t28-,31-,34?,35?,38?. The molecule has 6 N–H and O–H groups in total. The Kier molecular flexibility index (Phi) is 16.5. The van der Waals surface area contributed by atoms with Gasteiger partial charge >= 0.3 is 30.1 Å². The molecule has 1 atom stereocenters. The minimum Gasteiger partial charge on any atom is -0.477 e. The summed E-state index contributed by atoms with van der Waals surface area (Å²) in [6, 6.07) is 13.5. The summed E-state index contributed by atoms with van der Waals surface area (Å²) in [7, 11) is 3.96. The molecule has 1 unspecified atom stereocenters. The van der Waals surface area contributed by atoms with Crippen LogP contribution in [0.2, 0.25) is 0 Å². The van der Waals surface area contributed by atoms with Crippen molar-refractivity contribution < 1.29 is 64.5 Å². The van der Waals surface area contributed by atoms with Crippen molar-refractivity contribution in [3.8, 4) is 22.5 Å². The molecule has 2 aliphatic rings. The lowest BCUT2D eigenvalue weighted by Crippen LogP contribution is -2.48. The van der Waals surface area contributed by atoms with Gasteiger partial charge in [-0.15, -0.1) is 0 Å². The number of halogens is 7. The number of aromatic amines is 1. The molecule has 384 valence electrons. The molecule has 0 bridgehead atoms. The van der Waals surface area contributed by atoms with Crippen LogP contribution in [-0.2, 0) is 37.6 Å². The molecule has 6 rings (SSSR count). The van der Waals surface area contributed by atoms with Crippen LogP contribution in [0.5, 0.6) is 0 Å². The summed E-state index contributed by atoms with van der Waals surface area (Å²) in [5.41, 5.74) is -1.17. The lowest BCUT2D eigenvalue weighted by Gasteiger charge is -2.33. The van der Waals surface area contributed by atoms with Gasteiger partial charge in [-0.3, -0.25) is 19.5 Å². The number of hydrogen-bond acceptors (Lipinski definition) is 9. The van der Waals surface area contributed by atoms with Gasteiger partial charge in [0, 0.05) is 47.8 Å². The van der Waals surface area contributed by atoms with Crippen LogP contribution >= 0.6 is 0 Å². The number of nitrogens with one attached hydrogen (secondary N) is 5. The van der Waals surface area contributed by atoms with Crippen molar-refractivity contribution in [2.24, 2.45) is 11.8 Å². The van der Waals surface area contributed by atoms with Gasteiger partial charge in [0.2, 0.25) is 17.6 Å². The van der Waals surface area contributed by atoms with Gasteiger partial charge in [0.25, 0.3) is 5.91 Å². The smallest absolute Gasteiger partial charge is 0.417 e. The number of carboxylic acids is 1. The number of carboxylic acid groups (broad SMARTS) is 1. The van der Waals surface area contributed by atoms with Gasteiger partial charge in [0.1, 0.15) is 11.6 Å². The first-order valence-corrected chi connectivity index (χ1v) is 23.1. The SMILES string of the molecule is CN(C)C1CCC(NC(=O)c2ccc(-c3ccc(CC(NC(=O)[C@H]4CC[C@H](CNC(=O)OC(C)(C)C)CC4)C(=O)Nc4ccc(-c5nc(C(F)(F)C(F)(F)C(=O)O)n[nH]5)cc4)cc3)c(C(F)(F)F)c2)CC1. The fraction of sp³-hybridized carbons (Fsp3) is 0.490. The van der Waals surface area contributed by atoms with Crippen LogP contribution in [0.4, 0.5) is 41.2 Å². The zero-order valence-corrected chi connectivity index (χ0v) is 39.7. The summed E-state index contributed by atoms with van der Waals surface area (Å²) in [5.74, 6) is -18.2. The minimum atomic E-state index is -5.51. The van der Waals surface area contributed by atoms with Crippen LogP contribution in [0.3, 0.4) is 0 Å². The van der Waals surface area contributed by atoms with Gasteiger partial charge < -0.3 is 36.0 Å². The number of benzene rings is 3. The summed E-state index contributed by atoms with van der Waals surface area (Å²) in [6.07, 6.45) is -0.318. The van der Waals surface area contributed by atoms with Crippen LogP contribution in [0.25, 0.3) is 22.5 Å². The molecule has 4 aromatic rings. The zero-order chi connectivity index (χ0) is 52.1. The number of amides is 4. The predicted octanol–water partition coefficient (Wildman–Crippen LogP) is 8.57. The third-order valence-corrected chi connectivity index (χ3v) is 12.7. The van der Waals surface area contributed by atoms with Gasteiger partial charge in [-0.05, 0) is 145 Å². The van der Waals surface area contributed by atoms with Crippen LogP contribution in [0.15, 0.2) is 66.7 Å². The maximum atomic E-state index is 14.6. The largest absolute Gasteiger partial charge is 0.477 e. The van der Waals surface area contributed by atoms with Gasteiger partial charge in [-0.2, -0.15) is 35.8 Å². The summed E-state index contributed by atoms with van der Waals surface area (Å²) < 4.78 is 105. The Morgan fingerprint density at radius 1 is 0.817 bits per heavy atom. The number of nitrogens with zero attached hydrogens (tertiary/aromatic N) is 3. The van der Waals surface area contributed by atoms with E-state index in [9.17, 15) is 54.7 Å². The normalized spacial score (nSPS) is 19.3. The number of alkyl halides is 7. The molecule has 4 amide bonds. The lowest BCUT2D eigenvalue weighted by atomic mass is 9.81. The molecular formula is C49H57F7N8O7. The molecule has 22 heteroatoms. The van der Waals surface area contributed by atoms with E-state index in [2.05, 4.69) is 41.3 Å². The first-order chi connectivity index (χ1) is 33.2. The van der Waals surface area contributed by atoms with Crippen LogP contribution in [-0.4, -0.2) is 105 Å². The first kappa shape index (κ1) is 53.8. The molecule has 0 spiro atoms. The molecule has 3 aromatic carbocycles. The van der Waals surface area contributed by atoms with E-state index in [0.717, 1.165) is 18.9 Å². The molecule has 2 aliphatic carbocycles. The number of hydrogen-bond donors (Lipinski definition) is 6. The first-order valence-electron chi connectivity index (χ1n) is 23.1. The van der Waals surface area contributed by atoms with Gasteiger partial charge in [0.15, 0.2) is 5.82 Å². The van der Waals surface area contributed by atoms with Crippen LogP contribution < -0.4 is 21.3 Å². The second kappa shape index (κ2) is 21.8. The van der Waals surface area contributed by atoms with E-state index in [0.29, 0.717) is 56.7 Å². The summed E-state index contributed by atoms with van der Waals surface area (Å²) in [6.45, 7) is 5.58. The highest BCUT2D eigenvalue weighted by Gasteiger charge is 2.66. The fourth-order valence-electron chi connectivity index (χ4n) is 8.65. The van der Waals surface area contributed by atoms with E-state index in [-0.39, 0.29) is 46.3 Å². The van der Waals surface area contributed by atoms with E-state index < -0.39 is 82.6 Å². The minimum absolute atomic E-state index is 0.0440. The van der Waals surface area contributed by atoms with Crippen LogP contribution in [0, 0.1) is 11.8 Å². The third-order valence-electron chi connectivity index (χ3n) is 12.7. The van der Waals surface area contributed by atoms with Crippen molar-refractivity contribution in [2.45, 2.75) is 120 Å². The maximum absolute atomic E-state index is 14.6.